The van der Waals surface area contributed by atoms with Crippen molar-refractivity contribution in [1.29, 1.82) is 0 Å². The smallest absolute Gasteiger partial charge is 0.315 e. The Labute approximate surface area is 182 Å². The molecular formula is C20H16Br3NO3. The minimum atomic E-state index is -0.531. The Balaban J connectivity index is 1.96. The van der Waals surface area contributed by atoms with E-state index >= 15 is 0 Å². The van der Waals surface area contributed by atoms with E-state index in [1.807, 2.05) is 43.3 Å². The number of hydrogen-bond acceptors (Lipinski definition) is 4. The highest BCUT2D eigenvalue weighted by Crippen LogP contribution is 2.43. The van der Waals surface area contributed by atoms with Gasteiger partial charge >= 0.3 is 5.95 Å². The van der Waals surface area contributed by atoms with E-state index in [0.29, 0.717) is 16.8 Å². The van der Waals surface area contributed by atoms with Crippen LogP contribution >= 0.6 is 47.8 Å². The molecule has 0 bridgehead atoms. The lowest BCUT2D eigenvalue weighted by atomic mass is 9.99. The SMILES string of the molecule is COc1onc(-c2ccc(C)cc2)c1C(Br)C(Br)C(=O)c1ccc(Br)cc1. The van der Waals surface area contributed by atoms with E-state index in [-0.39, 0.29) is 11.7 Å². The fraction of sp³-hybridized carbons (Fsp3) is 0.200. The molecule has 1 heterocycles. The van der Waals surface area contributed by atoms with Crippen LogP contribution in [0.3, 0.4) is 0 Å². The molecule has 2 unspecified atom stereocenters. The maximum atomic E-state index is 12.9. The maximum absolute atomic E-state index is 12.9. The van der Waals surface area contributed by atoms with Crippen LogP contribution < -0.4 is 4.74 Å². The molecule has 2 atom stereocenters. The molecule has 7 heteroatoms. The first kappa shape index (κ1) is 20.3. The molecule has 0 fully saturated rings. The lowest BCUT2D eigenvalue weighted by molar-refractivity contribution is 0.0990. The van der Waals surface area contributed by atoms with Gasteiger partial charge in [0.05, 0.1) is 22.3 Å². The van der Waals surface area contributed by atoms with Gasteiger partial charge in [-0.15, -0.1) is 0 Å². The van der Waals surface area contributed by atoms with E-state index in [9.17, 15) is 4.79 Å². The summed E-state index contributed by atoms with van der Waals surface area (Å²) in [6.07, 6.45) is 0. The average Bonchev–Trinajstić information content (AvgIpc) is 3.11. The fourth-order valence-electron chi connectivity index (χ4n) is 2.64. The summed E-state index contributed by atoms with van der Waals surface area (Å²) in [5, 5.41) is 4.17. The van der Waals surface area contributed by atoms with Gasteiger partial charge in [-0.3, -0.25) is 4.79 Å². The zero-order chi connectivity index (χ0) is 19.6. The first-order valence-electron chi connectivity index (χ1n) is 8.11. The molecule has 0 aliphatic carbocycles. The zero-order valence-electron chi connectivity index (χ0n) is 14.6. The number of methoxy groups -OCH3 is 1. The zero-order valence-corrected chi connectivity index (χ0v) is 19.3. The van der Waals surface area contributed by atoms with Crippen LogP contribution in [-0.2, 0) is 0 Å². The number of ketones is 1. The summed E-state index contributed by atoms with van der Waals surface area (Å²) in [6.45, 7) is 2.02. The van der Waals surface area contributed by atoms with Crippen LogP contribution in [0, 0.1) is 6.92 Å². The van der Waals surface area contributed by atoms with E-state index in [0.717, 1.165) is 15.6 Å². The number of hydrogen-bond donors (Lipinski definition) is 0. The van der Waals surface area contributed by atoms with E-state index in [2.05, 4.69) is 52.9 Å². The van der Waals surface area contributed by atoms with Crippen LogP contribution in [0.15, 0.2) is 57.5 Å². The number of aromatic nitrogens is 1. The molecule has 0 saturated carbocycles. The fourth-order valence-corrected chi connectivity index (χ4v) is 4.08. The van der Waals surface area contributed by atoms with Crippen molar-refractivity contribution in [3.63, 3.8) is 0 Å². The monoisotopic (exact) mass is 555 g/mol. The second-order valence-corrected chi connectivity index (χ2v) is 8.87. The number of Topliss-reactive ketones (excluding diaryl/α,β-unsaturated/α-hetero) is 1. The van der Waals surface area contributed by atoms with Crippen LogP contribution in [-0.4, -0.2) is 22.9 Å². The standard InChI is InChI=1S/C20H16Br3NO3/c1-11-3-5-12(6-4-11)18-15(20(26-2)27-24-18)16(22)17(23)19(25)13-7-9-14(21)10-8-13/h3-10,16-17H,1-2H3. The lowest BCUT2D eigenvalue weighted by Gasteiger charge is -2.16. The van der Waals surface area contributed by atoms with Crippen LogP contribution in [0.1, 0.15) is 26.3 Å². The molecule has 0 radical (unpaired) electrons. The number of alkyl halides is 2. The van der Waals surface area contributed by atoms with Gasteiger partial charge in [0.25, 0.3) is 0 Å². The van der Waals surface area contributed by atoms with Crippen LogP contribution in [0.25, 0.3) is 11.3 Å². The Bertz CT molecular complexity index is 936. The predicted octanol–water partition coefficient (Wildman–Crippen LogP) is 6.50. The van der Waals surface area contributed by atoms with Crippen molar-refractivity contribution in [3.05, 3.63) is 69.7 Å². The maximum Gasteiger partial charge on any atom is 0.315 e. The first-order valence-corrected chi connectivity index (χ1v) is 10.7. The molecule has 140 valence electrons. The molecule has 0 saturated heterocycles. The third-order valence-corrected chi connectivity index (χ3v) is 7.29. The van der Waals surface area contributed by atoms with Gasteiger partial charge in [-0.25, -0.2) is 0 Å². The molecule has 0 aliphatic rings. The van der Waals surface area contributed by atoms with Gasteiger partial charge in [-0.1, -0.05) is 94.9 Å². The molecule has 0 N–H and O–H groups in total. The van der Waals surface area contributed by atoms with Crippen molar-refractivity contribution in [2.75, 3.05) is 7.11 Å². The van der Waals surface area contributed by atoms with Crippen LogP contribution in [0.2, 0.25) is 0 Å². The summed E-state index contributed by atoms with van der Waals surface area (Å²) in [6, 6.07) is 15.2. The molecule has 0 aliphatic heterocycles. The van der Waals surface area contributed by atoms with Crippen molar-refractivity contribution in [2.45, 2.75) is 16.6 Å². The number of carbonyl (C=O) groups excluding carboxylic acids is 1. The number of carbonyl (C=O) groups is 1. The highest BCUT2D eigenvalue weighted by atomic mass is 79.9. The van der Waals surface area contributed by atoms with E-state index < -0.39 is 9.65 Å². The second kappa shape index (κ2) is 8.71. The van der Waals surface area contributed by atoms with Gasteiger partial charge in [0.1, 0.15) is 5.69 Å². The van der Waals surface area contributed by atoms with Gasteiger partial charge in [0, 0.05) is 15.6 Å². The summed E-state index contributed by atoms with van der Waals surface area (Å²) < 4.78 is 11.6. The Morgan fingerprint density at radius 3 is 2.30 bits per heavy atom. The topological polar surface area (TPSA) is 52.3 Å². The minimum Gasteiger partial charge on any atom is -0.467 e. The van der Waals surface area contributed by atoms with E-state index in [1.54, 1.807) is 12.1 Å². The summed E-state index contributed by atoms with van der Waals surface area (Å²) in [5.41, 5.74) is 3.98. The number of benzene rings is 2. The third kappa shape index (κ3) is 4.36. The minimum absolute atomic E-state index is 0.0533. The average molecular weight is 558 g/mol. The van der Waals surface area contributed by atoms with Crippen molar-refractivity contribution in [1.82, 2.24) is 5.16 Å². The number of nitrogens with zero attached hydrogens (tertiary/aromatic N) is 1. The van der Waals surface area contributed by atoms with Crippen molar-refractivity contribution in [3.8, 4) is 17.2 Å². The summed E-state index contributed by atoms with van der Waals surface area (Å²) in [5.74, 6) is 0.225. The van der Waals surface area contributed by atoms with Crippen molar-refractivity contribution in [2.24, 2.45) is 0 Å². The van der Waals surface area contributed by atoms with E-state index in [1.165, 1.54) is 7.11 Å². The Kier molecular flexibility index (Phi) is 6.55. The number of halogens is 3. The third-order valence-electron chi connectivity index (χ3n) is 4.12. The number of rotatable bonds is 6. The van der Waals surface area contributed by atoms with E-state index in [4.69, 9.17) is 9.26 Å². The van der Waals surface area contributed by atoms with Gasteiger partial charge in [0.2, 0.25) is 0 Å². The summed E-state index contributed by atoms with van der Waals surface area (Å²) in [7, 11) is 1.52. The Hall–Kier alpha value is -1.44. The quantitative estimate of drug-likeness (QED) is 0.256. The molecular weight excluding hydrogens is 542 g/mol. The molecule has 0 spiro atoms. The first-order chi connectivity index (χ1) is 12.9. The highest BCUT2D eigenvalue weighted by Gasteiger charge is 2.33. The van der Waals surface area contributed by atoms with Crippen molar-refractivity contribution >= 4 is 53.6 Å². The van der Waals surface area contributed by atoms with Gasteiger partial charge in [-0.05, 0) is 19.1 Å². The van der Waals surface area contributed by atoms with Gasteiger partial charge in [-0.2, -0.15) is 0 Å². The lowest BCUT2D eigenvalue weighted by Crippen LogP contribution is -2.19. The van der Waals surface area contributed by atoms with Gasteiger partial charge < -0.3 is 9.26 Å². The van der Waals surface area contributed by atoms with Gasteiger partial charge in [0.15, 0.2) is 5.78 Å². The normalized spacial score (nSPS) is 13.2. The largest absolute Gasteiger partial charge is 0.467 e. The summed E-state index contributed by atoms with van der Waals surface area (Å²) >= 11 is 10.6. The molecule has 4 nitrogen and oxygen atoms in total. The van der Waals surface area contributed by atoms with Crippen LogP contribution in [0.5, 0.6) is 5.95 Å². The number of ether oxygens (including phenoxy) is 1. The molecule has 0 amide bonds. The molecule has 3 aromatic rings. The van der Waals surface area contributed by atoms with Crippen LogP contribution in [0.4, 0.5) is 0 Å². The second-order valence-electron chi connectivity index (χ2n) is 5.98. The van der Waals surface area contributed by atoms with Crippen molar-refractivity contribution < 1.29 is 14.1 Å². The molecule has 27 heavy (non-hydrogen) atoms. The number of aryl methyl sites for hydroxylation is 1. The predicted molar refractivity (Wildman–Crippen MR) is 116 cm³/mol. The summed E-state index contributed by atoms with van der Waals surface area (Å²) in [4.78, 5) is 12.0. The molecule has 3 rings (SSSR count). The highest BCUT2D eigenvalue weighted by molar-refractivity contribution is 9.12. The Morgan fingerprint density at radius 1 is 1.07 bits per heavy atom. The molecule has 1 aromatic heterocycles. The Morgan fingerprint density at radius 2 is 1.70 bits per heavy atom. The molecule has 2 aromatic carbocycles.